The summed E-state index contributed by atoms with van der Waals surface area (Å²) in [6.07, 6.45) is 0. The molecular formula is C21H25N3O6. The minimum Gasteiger partial charge on any atom is -0.497 e. The maximum absolute atomic E-state index is 12.9. The van der Waals surface area contributed by atoms with E-state index in [0.29, 0.717) is 22.7 Å². The number of amides is 2. The van der Waals surface area contributed by atoms with Gasteiger partial charge in [-0.2, -0.15) is 0 Å². The van der Waals surface area contributed by atoms with Crippen LogP contribution in [-0.2, 0) is 4.79 Å². The van der Waals surface area contributed by atoms with Crippen LogP contribution in [0.1, 0.15) is 29.8 Å². The van der Waals surface area contributed by atoms with Crippen molar-refractivity contribution in [2.24, 2.45) is 5.92 Å². The van der Waals surface area contributed by atoms with Crippen LogP contribution < -0.4 is 20.1 Å². The highest BCUT2D eigenvalue weighted by molar-refractivity contribution is 6.02. The number of benzene rings is 2. The molecule has 0 spiro atoms. The fourth-order valence-electron chi connectivity index (χ4n) is 2.87. The normalized spacial score (nSPS) is 11.5. The molecule has 0 aliphatic rings. The third-order valence-electron chi connectivity index (χ3n) is 4.61. The third-order valence-corrected chi connectivity index (χ3v) is 4.61. The predicted molar refractivity (Wildman–Crippen MR) is 112 cm³/mol. The number of ether oxygens (including phenoxy) is 2. The van der Waals surface area contributed by atoms with Crippen molar-refractivity contribution >= 4 is 23.2 Å². The number of hydrogen-bond acceptors (Lipinski definition) is 6. The van der Waals surface area contributed by atoms with Crippen molar-refractivity contribution < 1.29 is 24.0 Å². The van der Waals surface area contributed by atoms with Gasteiger partial charge in [0, 0.05) is 17.7 Å². The molecule has 2 N–H and O–H groups in total. The molecule has 1 atom stereocenters. The first kappa shape index (κ1) is 22.7. The lowest BCUT2D eigenvalue weighted by Crippen LogP contribution is -2.47. The number of nitrogens with zero attached hydrogens (tertiary/aromatic N) is 1. The Morgan fingerprint density at radius 1 is 1.07 bits per heavy atom. The van der Waals surface area contributed by atoms with Gasteiger partial charge in [0.25, 0.3) is 11.6 Å². The second-order valence-electron chi connectivity index (χ2n) is 6.99. The average molecular weight is 415 g/mol. The van der Waals surface area contributed by atoms with Crippen molar-refractivity contribution in [3.8, 4) is 11.5 Å². The predicted octanol–water partition coefficient (Wildman–Crippen LogP) is 3.31. The Balaban J connectivity index is 2.24. The lowest BCUT2D eigenvalue weighted by Gasteiger charge is -2.22. The molecule has 2 rings (SSSR count). The monoisotopic (exact) mass is 415 g/mol. The van der Waals surface area contributed by atoms with Gasteiger partial charge < -0.3 is 20.1 Å². The fourth-order valence-corrected chi connectivity index (χ4v) is 2.87. The van der Waals surface area contributed by atoms with Gasteiger partial charge in [-0.1, -0.05) is 19.9 Å². The van der Waals surface area contributed by atoms with E-state index in [-0.39, 0.29) is 17.2 Å². The maximum Gasteiger partial charge on any atom is 0.274 e. The first-order valence-corrected chi connectivity index (χ1v) is 9.26. The molecule has 0 saturated heterocycles. The third kappa shape index (κ3) is 5.25. The number of anilines is 1. The Morgan fingerprint density at radius 3 is 2.17 bits per heavy atom. The van der Waals surface area contributed by atoms with E-state index in [0.717, 1.165) is 0 Å². The van der Waals surface area contributed by atoms with Crippen LogP contribution in [0.25, 0.3) is 0 Å². The number of nitro benzene ring substituents is 1. The molecule has 9 heteroatoms. The van der Waals surface area contributed by atoms with Crippen molar-refractivity contribution in [2.45, 2.75) is 26.8 Å². The van der Waals surface area contributed by atoms with Crippen molar-refractivity contribution in [3.63, 3.8) is 0 Å². The van der Waals surface area contributed by atoms with Gasteiger partial charge in [0.15, 0.2) is 0 Å². The SMILES string of the molecule is COc1cc(OC)cc(C(=O)N[C@H](C(=O)Nc2cccc([N+](=O)[O-])c2C)C(C)C)c1. The molecule has 0 aliphatic heterocycles. The zero-order chi connectivity index (χ0) is 22.4. The highest BCUT2D eigenvalue weighted by Crippen LogP contribution is 2.26. The summed E-state index contributed by atoms with van der Waals surface area (Å²) in [6.45, 7) is 5.13. The van der Waals surface area contributed by atoms with Crippen LogP contribution in [0, 0.1) is 23.0 Å². The first-order chi connectivity index (χ1) is 14.2. The Bertz CT molecular complexity index is 936. The Labute approximate surface area is 174 Å². The molecular weight excluding hydrogens is 390 g/mol. The van der Waals surface area contributed by atoms with E-state index in [9.17, 15) is 19.7 Å². The van der Waals surface area contributed by atoms with Crippen LogP contribution in [0.5, 0.6) is 11.5 Å². The average Bonchev–Trinajstić information content (AvgIpc) is 2.72. The van der Waals surface area contributed by atoms with Crippen molar-refractivity contribution in [3.05, 3.63) is 57.6 Å². The smallest absolute Gasteiger partial charge is 0.274 e. The van der Waals surface area contributed by atoms with E-state index in [1.165, 1.54) is 38.5 Å². The molecule has 2 amide bonds. The summed E-state index contributed by atoms with van der Waals surface area (Å²) in [6, 6.07) is 8.28. The van der Waals surface area contributed by atoms with Crippen LogP contribution in [0.4, 0.5) is 11.4 Å². The molecule has 0 radical (unpaired) electrons. The van der Waals surface area contributed by atoms with Crippen molar-refractivity contribution in [1.82, 2.24) is 5.32 Å². The molecule has 2 aromatic carbocycles. The van der Waals surface area contributed by atoms with E-state index in [1.807, 2.05) is 0 Å². The van der Waals surface area contributed by atoms with Crippen LogP contribution in [0.3, 0.4) is 0 Å². The fraction of sp³-hybridized carbons (Fsp3) is 0.333. The molecule has 2 aromatic rings. The standard InChI is InChI=1S/C21H25N3O6/c1-12(2)19(21(26)22-17-7-6-8-18(13(17)3)24(27)28)23-20(25)14-9-15(29-4)11-16(10-14)30-5/h6-12,19H,1-5H3,(H,22,26)(H,23,25)/t19-/m0/s1. The highest BCUT2D eigenvalue weighted by atomic mass is 16.6. The maximum atomic E-state index is 12.9. The Kier molecular flexibility index (Phi) is 7.35. The largest absolute Gasteiger partial charge is 0.497 e. The van der Waals surface area contributed by atoms with Gasteiger partial charge >= 0.3 is 0 Å². The molecule has 0 aliphatic carbocycles. The number of nitro groups is 1. The van der Waals surface area contributed by atoms with E-state index in [4.69, 9.17) is 9.47 Å². The number of methoxy groups -OCH3 is 2. The minimum absolute atomic E-state index is 0.0959. The number of nitrogens with one attached hydrogen (secondary N) is 2. The van der Waals surface area contributed by atoms with Gasteiger partial charge in [-0.3, -0.25) is 19.7 Å². The topological polar surface area (TPSA) is 120 Å². The second kappa shape index (κ2) is 9.73. The van der Waals surface area contributed by atoms with Crippen LogP contribution >= 0.6 is 0 Å². The summed E-state index contributed by atoms with van der Waals surface area (Å²) in [5.74, 6) is -0.302. The Hall–Kier alpha value is -3.62. The van der Waals surface area contributed by atoms with E-state index < -0.39 is 22.8 Å². The van der Waals surface area contributed by atoms with E-state index >= 15 is 0 Å². The quantitative estimate of drug-likeness (QED) is 0.504. The molecule has 0 bridgehead atoms. The molecule has 0 saturated carbocycles. The molecule has 9 nitrogen and oxygen atoms in total. The number of carbonyl (C=O) groups is 2. The van der Waals surface area contributed by atoms with Gasteiger partial charge in [0.2, 0.25) is 5.91 Å². The molecule has 0 unspecified atom stereocenters. The summed E-state index contributed by atoms with van der Waals surface area (Å²) in [5.41, 5.74) is 0.831. The molecule has 160 valence electrons. The van der Waals surface area contributed by atoms with Crippen molar-refractivity contribution in [2.75, 3.05) is 19.5 Å². The van der Waals surface area contributed by atoms with Gasteiger partial charge in [-0.05, 0) is 31.0 Å². The lowest BCUT2D eigenvalue weighted by molar-refractivity contribution is -0.385. The number of hydrogen-bond donors (Lipinski definition) is 2. The van der Waals surface area contributed by atoms with E-state index in [1.54, 1.807) is 32.9 Å². The summed E-state index contributed by atoms with van der Waals surface area (Å²) in [5, 5.41) is 16.5. The molecule has 0 fully saturated rings. The zero-order valence-corrected chi connectivity index (χ0v) is 17.5. The first-order valence-electron chi connectivity index (χ1n) is 9.26. The summed E-state index contributed by atoms with van der Waals surface area (Å²) < 4.78 is 10.4. The van der Waals surface area contributed by atoms with Crippen molar-refractivity contribution in [1.29, 1.82) is 0 Å². The van der Waals surface area contributed by atoms with Gasteiger partial charge in [-0.15, -0.1) is 0 Å². The van der Waals surface area contributed by atoms with Crippen LogP contribution in [0.15, 0.2) is 36.4 Å². The summed E-state index contributed by atoms with van der Waals surface area (Å²) in [7, 11) is 2.95. The number of rotatable bonds is 8. The summed E-state index contributed by atoms with van der Waals surface area (Å²) in [4.78, 5) is 36.2. The van der Waals surface area contributed by atoms with E-state index in [2.05, 4.69) is 10.6 Å². The molecule has 30 heavy (non-hydrogen) atoms. The van der Waals surface area contributed by atoms with Gasteiger partial charge in [0.05, 0.1) is 30.4 Å². The van der Waals surface area contributed by atoms with Crippen LogP contribution in [-0.4, -0.2) is 37.0 Å². The highest BCUT2D eigenvalue weighted by Gasteiger charge is 2.26. The van der Waals surface area contributed by atoms with Gasteiger partial charge in [0.1, 0.15) is 17.5 Å². The minimum atomic E-state index is -0.867. The summed E-state index contributed by atoms with van der Waals surface area (Å²) >= 11 is 0. The lowest BCUT2D eigenvalue weighted by atomic mass is 10.0. The second-order valence-corrected chi connectivity index (χ2v) is 6.99. The molecule has 0 heterocycles. The van der Waals surface area contributed by atoms with Gasteiger partial charge in [-0.25, -0.2) is 0 Å². The Morgan fingerprint density at radius 2 is 1.67 bits per heavy atom. The van der Waals surface area contributed by atoms with Crippen LogP contribution in [0.2, 0.25) is 0 Å². The molecule has 0 aromatic heterocycles. The number of carbonyl (C=O) groups excluding carboxylic acids is 2. The zero-order valence-electron chi connectivity index (χ0n) is 17.5.